The summed E-state index contributed by atoms with van der Waals surface area (Å²) in [6, 6.07) is 4.50. The van der Waals surface area contributed by atoms with Crippen LogP contribution in [-0.4, -0.2) is 27.1 Å². The zero-order valence-corrected chi connectivity index (χ0v) is 12.9. The number of carbonyl (C=O) groups excluding carboxylic acids is 1. The van der Waals surface area contributed by atoms with Crippen LogP contribution in [0.1, 0.15) is 13.3 Å². The molecule has 1 aromatic rings. The minimum atomic E-state index is -3.38. The second kappa shape index (κ2) is 6.92. The Morgan fingerprint density at radius 3 is 2.65 bits per heavy atom. The number of nitrogens with two attached hydrogens (primary N) is 1. The lowest BCUT2D eigenvalue weighted by atomic mass is 10.1. The maximum absolute atomic E-state index is 11.9. The molecule has 0 radical (unpaired) electrons. The number of hydrogen-bond donors (Lipinski definition) is 3. The molecule has 6 nitrogen and oxygen atoms in total. The monoisotopic (exact) mass is 319 g/mol. The lowest BCUT2D eigenvalue weighted by Crippen LogP contribution is -2.23. The molecule has 1 rings (SSSR count). The van der Waals surface area contributed by atoms with Gasteiger partial charge in [-0.2, -0.15) is 0 Å². The van der Waals surface area contributed by atoms with E-state index in [0.29, 0.717) is 29.4 Å². The van der Waals surface area contributed by atoms with Crippen LogP contribution < -0.4 is 15.8 Å². The number of anilines is 2. The molecule has 1 amide bonds. The number of benzene rings is 1. The van der Waals surface area contributed by atoms with E-state index in [9.17, 15) is 13.2 Å². The average molecular weight is 320 g/mol. The normalized spacial score (nSPS) is 12.8. The minimum absolute atomic E-state index is 0.214. The van der Waals surface area contributed by atoms with Crippen LogP contribution in [0.4, 0.5) is 11.4 Å². The maximum atomic E-state index is 11.9. The van der Waals surface area contributed by atoms with Crippen molar-refractivity contribution in [1.82, 2.24) is 0 Å². The number of rotatable bonds is 6. The zero-order chi connectivity index (χ0) is 15.3. The van der Waals surface area contributed by atoms with Gasteiger partial charge in [0.2, 0.25) is 15.9 Å². The molecule has 0 saturated carbocycles. The Balaban J connectivity index is 2.89. The van der Waals surface area contributed by atoms with E-state index in [1.807, 2.05) is 0 Å². The topological polar surface area (TPSA) is 101 Å². The van der Waals surface area contributed by atoms with Crippen molar-refractivity contribution in [3.8, 4) is 0 Å². The van der Waals surface area contributed by atoms with Crippen LogP contribution in [0.5, 0.6) is 0 Å². The molecule has 4 N–H and O–H groups in total. The summed E-state index contributed by atoms with van der Waals surface area (Å²) in [7, 11) is -3.38. The third-order valence-corrected chi connectivity index (χ3v) is 3.51. The number of hydrogen-bond acceptors (Lipinski definition) is 4. The molecular weight excluding hydrogens is 302 g/mol. The van der Waals surface area contributed by atoms with E-state index in [2.05, 4.69) is 10.0 Å². The van der Waals surface area contributed by atoms with Gasteiger partial charge in [-0.15, -0.1) is 0 Å². The first-order valence-corrected chi connectivity index (χ1v) is 8.28. The first-order valence-electron chi connectivity index (χ1n) is 6.01. The Kier molecular flexibility index (Phi) is 5.79. The summed E-state index contributed by atoms with van der Waals surface area (Å²) in [6.07, 6.45) is 1.61. The van der Waals surface area contributed by atoms with Crippen molar-refractivity contribution in [2.24, 2.45) is 11.7 Å². The fourth-order valence-corrected chi connectivity index (χ4v) is 2.26. The molecule has 0 aliphatic rings. The van der Waals surface area contributed by atoms with Gasteiger partial charge >= 0.3 is 0 Å². The Morgan fingerprint density at radius 1 is 1.45 bits per heavy atom. The van der Waals surface area contributed by atoms with Crippen molar-refractivity contribution in [3.63, 3.8) is 0 Å². The Labute approximate surface area is 123 Å². The second-order valence-corrected chi connectivity index (χ2v) is 6.69. The van der Waals surface area contributed by atoms with Crippen LogP contribution in [-0.2, 0) is 14.8 Å². The summed E-state index contributed by atoms with van der Waals surface area (Å²) in [4.78, 5) is 11.9. The number of amides is 1. The molecule has 1 aromatic carbocycles. The average Bonchev–Trinajstić information content (AvgIpc) is 2.31. The molecule has 0 fully saturated rings. The van der Waals surface area contributed by atoms with E-state index < -0.39 is 10.0 Å². The first-order chi connectivity index (χ1) is 9.23. The molecule has 0 heterocycles. The van der Waals surface area contributed by atoms with Gasteiger partial charge in [-0.1, -0.05) is 18.5 Å². The van der Waals surface area contributed by atoms with Crippen molar-refractivity contribution in [3.05, 3.63) is 23.2 Å². The lowest BCUT2D eigenvalue weighted by Gasteiger charge is -2.13. The smallest absolute Gasteiger partial charge is 0.229 e. The fourth-order valence-electron chi connectivity index (χ4n) is 1.54. The van der Waals surface area contributed by atoms with Gasteiger partial charge in [-0.25, -0.2) is 8.42 Å². The highest BCUT2D eigenvalue weighted by atomic mass is 35.5. The summed E-state index contributed by atoms with van der Waals surface area (Å²) in [5.41, 5.74) is 6.09. The molecule has 0 saturated heterocycles. The summed E-state index contributed by atoms with van der Waals surface area (Å²) in [5.74, 6) is -0.462. The summed E-state index contributed by atoms with van der Waals surface area (Å²) >= 11 is 5.98. The molecule has 0 bridgehead atoms. The largest absolute Gasteiger partial charge is 0.330 e. The molecule has 20 heavy (non-hydrogen) atoms. The maximum Gasteiger partial charge on any atom is 0.229 e. The van der Waals surface area contributed by atoms with Crippen molar-refractivity contribution in [2.75, 3.05) is 22.8 Å². The van der Waals surface area contributed by atoms with Gasteiger partial charge in [-0.3, -0.25) is 9.52 Å². The van der Waals surface area contributed by atoms with Gasteiger partial charge in [0.1, 0.15) is 0 Å². The van der Waals surface area contributed by atoms with E-state index in [1.54, 1.807) is 6.92 Å². The molecule has 0 aliphatic carbocycles. The zero-order valence-electron chi connectivity index (χ0n) is 11.3. The quantitative estimate of drug-likeness (QED) is 0.741. The van der Waals surface area contributed by atoms with Gasteiger partial charge in [0, 0.05) is 5.92 Å². The van der Waals surface area contributed by atoms with Gasteiger partial charge in [-0.05, 0) is 31.2 Å². The van der Waals surface area contributed by atoms with E-state index in [0.717, 1.165) is 6.26 Å². The SMILES string of the molecule is CC(CCN)C(=O)Nc1cc(NS(C)(=O)=O)ccc1Cl. The van der Waals surface area contributed by atoms with Crippen molar-refractivity contribution >= 4 is 38.9 Å². The number of halogens is 1. The number of carbonyl (C=O) groups is 1. The summed E-state index contributed by atoms with van der Waals surface area (Å²) in [5, 5.41) is 2.99. The Bertz CT molecular complexity index is 590. The van der Waals surface area contributed by atoms with E-state index in [-0.39, 0.29) is 11.8 Å². The minimum Gasteiger partial charge on any atom is -0.330 e. The van der Waals surface area contributed by atoms with Crippen molar-refractivity contribution in [2.45, 2.75) is 13.3 Å². The van der Waals surface area contributed by atoms with Gasteiger partial charge in [0.25, 0.3) is 0 Å². The highest BCUT2D eigenvalue weighted by Gasteiger charge is 2.14. The van der Waals surface area contributed by atoms with E-state index in [1.165, 1.54) is 18.2 Å². The molecule has 1 unspecified atom stereocenters. The van der Waals surface area contributed by atoms with Crippen LogP contribution in [0.25, 0.3) is 0 Å². The van der Waals surface area contributed by atoms with Crippen LogP contribution in [0.2, 0.25) is 5.02 Å². The molecule has 0 spiro atoms. The van der Waals surface area contributed by atoms with Crippen LogP contribution >= 0.6 is 11.6 Å². The molecule has 0 aromatic heterocycles. The first kappa shape index (κ1) is 16.7. The lowest BCUT2D eigenvalue weighted by molar-refractivity contribution is -0.119. The molecule has 8 heteroatoms. The Hall–Kier alpha value is -1.31. The van der Waals surface area contributed by atoms with Crippen LogP contribution in [0.3, 0.4) is 0 Å². The highest BCUT2D eigenvalue weighted by Crippen LogP contribution is 2.26. The molecular formula is C12H18ClN3O3S. The third kappa shape index (κ3) is 5.36. The molecule has 1 atom stereocenters. The highest BCUT2D eigenvalue weighted by molar-refractivity contribution is 7.92. The van der Waals surface area contributed by atoms with Gasteiger partial charge in [0.15, 0.2) is 0 Å². The predicted octanol–water partition coefficient (Wildman–Crippen LogP) is 1.63. The van der Waals surface area contributed by atoms with Crippen molar-refractivity contribution < 1.29 is 13.2 Å². The van der Waals surface area contributed by atoms with Crippen molar-refractivity contribution in [1.29, 1.82) is 0 Å². The second-order valence-electron chi connectivity index (χ2n) is 4.54. The standard InChI is InChI=1S/C12H18ClN3O3S/c1-8(5-6-14)12(17)15-11-7-9(3-4-10(11)13)16-20(2,18)19/h3-4,7-8,16H,5-6,14H2,1-2H3,(H,15,17). The van der Waals surface area contributed by atoms with Gasteiger partial charge < -0.3 is 11.1 Å². The van der Waals surface area contributed by atoms with Gasteiger partial charge in [0.05, 0.1) is 22.7 Å². The summed E-state index contributed by atoms with van der Waals surface area (Å²) < 4.78 is 24.7. The fraction of sp³-hybridized carbons (Fsp3) is 0.417. The predicted molar refractivity (Wildman–Crippen MR) is 81.4 cm³/mol. The van der Waals surface area contributed by atoms with E-state index >= 15 is 0 Å². The molecule has 0 aliphatic heterocycles. The number of nitrogens with one attached hydrogen (secondary N) is 2. The Morgan fingerprint density at radius 2 is 2.10 bits per heavy atom. The third-order valence-electron chi connectivity index (χ3n) is 2.57. The number of sulfonamides is 1. The summed E-state index contributed by atoms with van der Waals surface area (Å²) in [6.45, 7) is 2.17. The van der Waals surface area contributed by atoms with Crippen LogP contribution in [0, 0.1) is 5.92 Å². The molecule has 112 valence electrons. The van der Waals surface area contributed by atoms with E-state index in [4.69, 9.17) is 17.3 Å². The van der Waals surface area contributed by atoms with Crippen LogP contribution in [0.15, 0.2) is 18.2 Å².